The monoisotopic (exact) mass is 464 g/mol. The number of methoxy groups -OCH3 is 1. The van der Waals surface area contributed by atoms with Crippen LogP contribution in [0.1, 0.15) is 82.2 Å². The fourth-order valence-corrected chi connectivity index (χ4v) is 7.95. The van der Waals surface area contributed by atoms with E-state index in [1.807, 2.05) is 0 Å². The number of nitrogens with zero attached hydrogens (tertiary/aromatic N) is 1. The number of amides is 1. The summed E-state index contributed by atoms with van der Waals surface area (Å²) in [5.41, 5.74) is -1.13. The molecule has 1 amide bonds. The molecule has 5 aliphatic carbocycles. The van der Waals surface area contributed by atoms with E-state index in [4.69, 9.17) is 14.0 Å². The summed E-state index contributed by atoms with van der Waals surface area (Å²) < 4.78 is 16.9. The van der Waals surface area contributed by atoms with E-state index in [0.29, 0.717) is 47.5 Å². The quantitative estimate of drug-likeness (QED) is 0.566. The Hall–Kier alpha value is -1.25. The highest BCUT2D eigenvalue weighted by Gasteiger charge is 2.58. The summed E-state index contributed by atoms with van der Waals surface area (Å²) >= 11 is 1.65. The molecule has 1 aromatic rings. The predicted octanol–water partition coefficient (Wildman–Crippen LogP) is 4.18. The van der Waals surface area contributed by atoms with Crippen LogP contribution in [0.15, 0.2) is 9.42 Å². The Bertz CT molecular complexity index is 851. The van der Waals surface area contributed by atoms with Crippen molar-refractivity contribution in [3.05, 3.63) is 5.76 Å². The van der Waals surface area contributed by atoms with E-state index in [1.165, 1.54) is 12.8 Å². The number of carbonyl (C=O) groups excluding carboxylic acids is 1. The van der Waals surface area contributed by atoms with E-state index in [9.17, 15) is 9.90 Å². The minimum Gasteiger partial charge on any atom is -0.474 e. The first-order valence-corrected chi connectivity index (χ1v) is 12.9. The van der Waals surface area contributed by atoms with Gasteiger partial charge in [-0.3, -0.25) is 4.79 Å². The Labute approximate surface area is 194 Å². The molecule has 0 radical (unpaired) electrons. The lowest BCUT2D eigenvalue weighted by atomic mass is 9.51. The SMILES string of the molecule is COCC(C)(C)COc1noc(C(=O)NC23CC4CC(CC(O)(C4)C2)C3)c1SC1CCC1. The minimum absolute atomic E-state index is 0.177. The minimum atomic E-state index is -0.622. The molecule has 5 fully saturated rings. The summed E-state index contributed by atoms with van der Waals surface area (Å²) in [5, 5.41) is 19.0. The fourth-order valence-electron chi connectivity index (χ4n) is 6.62. The zero-order valence-corrected chi connectivity index (χ0v) is 20.3. The largest absolute Gasteiger partial charge is 0.474 e. The van der Waals surface area contributed by atoms with Gasteiger partial charge in [-0.25, -0.2) is 0 Å². The standard InChI is InChI=1S/C24H36N2O5S/c1-22(2,13-29-3)14-30-21-19(32-17-5-4-6-17)18(31-26-21)20(27)25-23-8-15-7-16(9-23)11-24(28,10-15)12-23/h15-17,28H,4-14H2,1-3H3,(H,25,27). The number of aliphatic hydroxyl groups is 1. The van der Waals surface area contributed by atoms with Gasteiger partial charge in [-0.2, -0.15) is 0 Å². The van der Waals surface area contributed by atoms with Gasteiger partial charge in [0.05, 0.1) is 18.8 Å². The van der Waals surface area contributed by atoms with Gasteiger partial charge in [0, 0.05) is 23.3 Å². The second kappa shape index (κ2) is 8.20. The summed E-state index contributed by atoms with van der Waals surface area (Å²) in [5.74, 6) is 1.43. The van der Waals surface area contributed by atoms with Crippen LogP contribution < -0.4 is 10.1 Å². The van der Waals surface area contributed by atoms with E-state index in [0.717, 1.165) is 38.5 Å². The van der Waals surface area contributed by atoms with Crippen LogP contribution in [0.2, 0.25) is 0 Å². The fraction of sp³-hybridized carbons (Fsp3) is 0.833. The summed E-state index contributed by atoms with van der Waals surface area (Å²) in [4.78, 5) is 14.2. The third kappa shape index (κ3) is 4.42. The average Bonchev–Trinajstić information content (AvgIpc) is 3.03. The van der Waals surface area contributed by atoms with Crippen molar-refractivity contribution in [1.82, 2.24) is 10.5 Å². The second-order valence-electron chi connectivity index (χ2n) is 11.6. The number of rotatable bonds is 9. The molecule has 2 atom stereocenters. The molecular formula is C24H36N2O5S. The van der Waals surface area contributed by atoms with Gasteiger partial charge in [0.25, 0.3) is 11.8 Å². The first-order chi connectivity index (χ1) is 15.2. The number of hydrogen-bond acceptors (Lipinski definition) is 7. The summed E-state index contributed by atoms with van der Waals surface area (Å²) in [6, 6.07) is 0. The van der Waals surface area contributed by atoms with Crippen LogP contribution in [0.4, 0.5) is 0 Å². The molecule has 2 unspecified atom stereocenters. The molecule has 6 rings (SSSR count). The Kier molecular flexibility index (Phi) is 5.78. The van der Waals surface area contributed by atoms with Crippen molar-refractivity contribution in [3.8, 4) is 5.88 Å². The third-order valence-corrected chi connectivity index (χ3v) is 9.11. The van der Waals surface area contributed by atoms with Crippen molar-refractivity contribution in [1.29, 1.82) is 0 Å². The second-order valence-corrected chi connectivity index (χ2v) is 12.9. The Balaban J connectivity index is 1.34. The Morgan fingerprint density at radius 3 is 2.56 bits per heavy atom. The van der Waals surface area contributed by atoms with Crippen LogP contribution in [0.25, 0.3) is 0 Å². The maximum Gasteiger partial charge on any atom is 0.291 e. The maximum absolute atomic E-state index is 13.4. The molecule has 178 valence electrons. The van der Waals surface area contributed by atoms with E-state index in [-0.39, 0.29) is 22.6 Å². The highest BCUT2D eigenvalue weighted by atomic mass is 32.2. The molecule has 0 saturated heterocycles. The zero-order chi connectivity index (χ0) is 22.6. The maximum atomic E-state index is 13.4. The Morgan fingerprint density at radius 1 is 1.25 bits per heavy atom. The molecular weight excluding hydrogens is 428 g/mol. The normalized spacial score (nSPS) is 33.9. The van der Waals surface area contributed by atoms with Crippen molar-refractivity contribution in [2.45, 2.75) is 92.9 Å². The number of thioether (sulfide) groups is 1. The van der Waals surface area contributed by atoms with Gasteiger partial charge in [0.1, 0.15) is 4.90 Å². The van der Waals surface area contributed by atoms with E-state index in [2.05, 4.69) is 24.3 Å². The van der Waals surface area contributed by atoms with Crippen LogP contribution in [-0.4, -0.2) is 52.9 Å². The van der Waals surface area contributed by atoms with Crippen molar-refractivity contribution in [2.24, 2.45) is 17.3 Å². The molecule has 5 aliphatic rings. The van der Waals surface area contributed by atoms with E-state index < -0.39 is 5.60 Å². The van der Waals surface area contributed by atoms with Crippen LogP contribution in [0, 0.1) is 17.3 Å². The molecule has 32 heavy (non-hydrogen) atoms. The molecule has 2 N–H and O–H groups in total. The van der Waals surface area contributed by atoms with Crippen molar-refractivity contribution >= 4 is 17.7 Å². The molecule has 5 saturated carbocycles. The molecule has 0 spiro atoms. The number of ether oxygens (including phenoxy) is 2. The van der Waals surface area contributed by atoms with Crippen LogP contribution in [0.5, 0.6) is 5.88 Å². The lowest BCUT2D eigenvalue weighted by Crippen LogP contribution is -2.65. The summed E-state index contributed by atoms with van der Waals surface area (Å²) in [6.45, 7) is 5.13. The summed E-state index contributed by atoms with van der Waals surface area (Å²) in [6.07, 6.45) is 8.95. The first kappa shape index (κ1) is 22.5. The molecule has 1 heterocycles. The van der Waals surface area contributed by atoms with Gasteiger partial charge in [-0.1, -0.05) is 20.3 Å². The summed E-state index contributed by atoms with van der Waals surface area (Å²) in [7, 11) is 1.68. The third-order valence-electron chi connectivity index (χ3n) is 7.71. The van der Waals surface area contributed by atoms with Gasteiger partial charge in [-0.05, 0) is 68.4 Å². The lowest BCUT2D eigenvalue weighted by molar-refractivity contribution is -0.139. The highest BCUT2D eigenvalue weighted by Crippen LogP contribution is 2.57. The van der Waals surface area contributed by atoms with Crippen molar-refractivity contribution in [3.63, 3.8) is 0 Å². The van der Waals surface area contributed by atoms with Gasteiger partial charge < -0.3 is 24.4 Å². The van der Waals surface area contributed by atoms with Crippen molar-refractivity contribution < 1.29 is 23.9 Å². The lowest BCUT2D eigenvalue weighted by Gasteiger charge is -2.60. The molecule has 0 aliphatic heterocycles. The number of hydrogen-bond donors (Lipinski definition) is 2. The zero-order valence-electron chi connectivity index (χ0n) is 19.4. The van der Waals surface area contributed by atoms with Crippen LogP contribution in [0.3, 0.4) is 0 Å². The molecule has 0 aromatic carbocycles. The number of nitrogens with one attached hydrogen (secondary N) is 1. The van der Waals surface area contributed by atoms with E-state index in [1.54, 1.807) is 18.9 Å². The van der Waals surface area contributed by atoms with Gasteiger partial charge in [0.15, 0.2) is 0 Å². The van der Waals surface area contributed by atoms with Gasteiger partial charge >= 0.3 is 0 Å². The van der Waals surface area contributed by atoms with Gasteiger partial charge in [-0.15, -0.1) is 11.8 Å². The van der Waals surface area contributed by atoms with E-state index >= 15 is 0 Å². The molecule has 1 aromatic heterocycles. The predicted molar refractivity (Wildman–Crippen MR) is 121 cm³/mol. The first-order valence-electron chi connectivity index (χ1n) is 12.0. The van der Waals surface area contributed by atoms with Crippen LogP contribution in [-0.2, 0) is 4.74 Å². The molecule has 4 bridgehead atoms. The Morgan fingerprint density at radius 2 is 1.97 bits per heavy atom. The molecule has 8 heteroatoms. The number of aromatic nitrogens is 1. The van der Waals surface area contributed by atoms with Gasteiger partial charge in [0.2, 0.25) is 5.76 Å². The van der Waals surface area contributed by atoms with Crippen LogP contribution >= 0.6 is 11.8 Å². The highest BCUT2D eigenvalue weighted by molar-refractivity contribution is 8.00. The molecule has 7 nitrogen and oxygen atoms in total. The smallest absolute Gasteiger partial charge is 0.291 e. The number of carbonyl (C=O) groups is 1. The topological polar surface area (TPSA) is 93.8 Å². The average molecular weight is 465 g/mol. The van der Waals surface area contributed by atoms with Crippen molar-refractivity contribution in [2.75, 3.05) is 20.3 Å².